The molecular formula is C7H12ClF. The Bertz CT molecular complexity index is 94.9. The second-order valence-electron chi connectivity index (χ2n) is 2.90. The molecule has 1 rings (SSSR count). The van der Waals surface area contributed by atoms with Gasteiger partial charge in [-0.15, -0.1) is 11.6 Å². The Labute approximate surface area is 60.4 Å². The lowest BCUT2D eigenvalue weighted by atomic mass is 9.89. The Kier molecular flexibility index (Phi) is 2.34. The molecule has 0 nitrogen and oxygen atoms in total. The molecule has 1 saturated carbocycles. The average molecular weight is 151 g/mol. The van der Waals surface area contributed by atoms with Gasteiger partial charge in [0.25, 0.3) is 0 Å². The van der Waals surface area contributed by atoms with Crippen LogP contribution in [0.5, 0.6) is 0 Å². The molecular weight excluding hydrogens is 139 g/mol. The van der Waals surface area contributed by atoms with Crippen LogP contribution < -0.4 is 0 Å². The molecule has 0 radical (unpaired) electrons. The fourth-order valence-corrected chi connectivity index (χ4v) is 1.54. The van der Waals surface area contributed by atoms with Crippen LogP contribution in [0.25, 0.3) is 0 Å². The maximum atomic E-state index is 12.5. The van der Waals surface area contributed by atoms with Gasteiger partial charge in [0.05, 0.1) is 0 Å². The molecule has 1 fully saturated rings. The molecule has 0 spiro atoms. The third-order valence-corrected chi connectivity index (χ3v) is 2.64. The van der Waals surface area contributed by atoms with E-state index in [1.807, 2.05) is 0 Å². The van der Waals surface area contributed by atoms with Gasteiger partial charge < -0.3 is 0 Å². The third kappa shape index (κ3) is 1.82. The predicted molar refractivity (Wildman–Crippen MR) is 37.6 cm³/mol. The molecule has 1 aliphatic rings. The van der Waals surface area contributed by atoms with Gasteiger partial charge >= 0.3 is 0 Å². The van der Waals surface area contributed by atoms with Crippen molar-refractivity contribution in [3.63, 3.8) is 0 Å². The van der Waals surface area contributed by atoms with Gasteiger partial charge in [-0.25, -0.2) is 4.39 Å². The second-order valence-corrected chi connectivity index (χ2v) is 3.46. The minimum atomic E-state index is -0.635. The van der Waals surface area contributed by atoms with Gasteiger partial charge in [-0.1, -0.05) is 6.92 Å². The van der Waals surface area contributed by atoms with Crippen molar-refractivity contribution >= 4 is 11.6 Å². The molecule has 0 saturated heterocycles. The Morgan fingerprint density at radius 1 is 1.44 bits per heavy atom. The highest BCUT2D eigenvalue weighted by molar-refractivity contribution is 6.20. The number of halogens is 2. The van der Waals surface area contributed by atoms with Gasteiger partial charge in [-0.3, -0.25) is 0 Å². The zero-order valence-corrected chi connectivity index (χ0v) is 6.37. The van der Waals surface area contributed by atoms with Crippen molar-refractivity contribution in [2.24, 2.45) is 5.92 Å². The van der Waals surface area contributed by atoms with E-state index in [4.69, 9.17) is 11.6 Å². The second kappa shape index (κ2) is 2.87. The molecule has 0 heterocycles. The van der Waals surface area contributed by atoms with Crippen LogP contribution in [0.3, 0.4) is 0 Å². The van der Waals surface area contributed by atoms with E-state index in [1.54, 1.807) is 0 Å². The molecule has 54 valence electrons. The minimum Gasteiger partial charge on any atom is -0.247 e. The van der Waals surface area contributed by atoms with Crippen LogP contribution in [0.2, 0.25) is 0 Å². The van der Waals surface area contributed by atoms with Crippen molar-refractivity contribution in [3.05, 3.63) is 0 Å². The van der Waals surface area contributed by atoms with E-state index < -0.39 is 6.17 Å². The SMILES string of the molecule is CC1CCC(F)CC1Cl. The van der Waals surface area contributed by atoms with E-state index in [9.17, 15) is 4.39 Å². The van der Waals surface area contributed by atoms with Crippen LogP contribution in [0.15, 0.2) is 0 Å². The van der Waals surface area contributed by atoms with Crippen LogP contribution in [-0.4, -0.2) is 11.5 Å². The van der Waals surface area contributed by atoms with Gasteiger partial charge in [0.15, 0.2) is 0 Å². The van der Waals surface area contributed by atoms with Crippen molar-refractivity contribution in [1.82, 2.24) is 0 Å². The van der Waals surface area contributed by atoms with Crippen molar-refractivity contribution in [2.75, 3.05) is 0 Å². The van der Waals surface area contributed by atoms with Crippen LogP contribution in [0, 0.1) is 5.92 Å². The summed E-state index contributed by atoms with van der Waals surface area (Å²) in [6.07, 6.45) is 1.59. The van der Waals surface area contributed by atoms with E-state index in [0.717, 1.165) is 6.42 Å². The van der Waals surface area contributed by atoms with E-state index in [0.29, 0.717) is 18.8 Å². The number of hydrogen-bond acceptors (Lipinski definition) is 0. The minimum absolute atomic E-state index is 0.0775. The zero-order chi connectivity index (χ0) is 6.85. The highest BCUT2D eigenvalue weighted by atomic mass is 35.5. The van der Waals surface area contributed by atoms with Crippen LogP contribution in [-0.2, 0) is 0 Å². The van der Waals surface area contributed by atoms with E-state index in [2.05, 4.69) is 6.92 Å². The lowest BCUT2D eigenvalue weighted by Gasteiger charge is -2.25. The zero-order valence-electron chi connectivity index (χ0n) is 5.61. The summed E-state index contributed by atoms with van der Waals surface area (Å²) in [7, 11) is 0. The fourth-order valence-electron chi connectivity index (χ4n) is 1.22. The molecule has 0 bridgehead atoms. The molecule has 0 N–H and O–H groups in total. The Balaban J connectivity index is 2.35. The monoisotopic (exact) mass is 150 g/mol. The smallest absolute Gasteiger partial charge is 0.102 e. The summed E-state index contributed by atoms with van der Waals surface area (Å²) in [5.74, 6) is 0.513. The molecule has 0 aromatic heterocycles. The average Bonchev–Trinajstić information content (AvgIpc) is 1.80. The van der Waals surface area contributed by atoms with Crippen LogP contribution >= 0.6 is 11.6 Å². The summed E-state index contributed by atoms with van der Waals surface area (Å²) in [6, 6.07) is 0. The molecule has 3 atom stereocenters. The highest BCUT2D eigenvalue weighted by Crippen LogP contribution is 2.29. The van der Waals surface area contributed by atoms with Gasteiger partial charge in [-0.2, -0.15) is 0 Å². The van der Waals surface area contributed by atoms with Crippen molar-refractivity contribution in [3.8, 4) is 0 Å². The lowest BCUT2D eigenvalue weighted by molar-refractivity contribution is 0.219. The van der Waals surface area contributed by atoms with Crippen molar-refractivity contribution < 1.29 is 4.39 Å². The van der Waals surface area contributed by atoms with Gasteiger partial charge in [-0.05, 0) is 25.2 Å². The van der Waals surface area contributed by atoms with Crippen molar-refractivity contribution in [2.45, 2.75) is 37.7 Å². The molecule has 0 aromatic carbocycles. The van der Waals surface area contributed by atoms with Gasteiger partial charge in [0, 0.05) is 5.38 Å². The molecule has 0 amide bonds. The molecule has 1 aliphatic carbocycles. The maximum Gasteiger partial charge on any atom is 0.102 e. The number of rotatable bonds is 0. The number of alkyl halides is 2. The summed E-state index contributed by atoms with van der Waals surface area (Å²) in [6.45, 7) is 2.09. The first-order chi connectivity index (χ1) is 4.20. The number of hydrogen-bond donors (Lipinski definition) is 0. The molecule has 0 aromatic rings. The predicted octanol–water partition coefficient (Wildman–Crippen LogP) is 2.75. The normalized spacial score (nSPS) is 45.0. The molecule has 0 aliphatic heterocycles. The summed E-state index contributed by atoms with van der Waals surface area (Å²) in [5, 5.41) is 0.0775. The van der Waals surface area contributed by atoms with Crippen molar-refractivity contribution in [1.29, 1.82) is 0 Å². The topological polar surface area (TPSA) is 0 Å². The van der Waals surface area contributed by atoms with Crippen LogP contribution in [0.1, 0.15) is 26.2 Å². The summed E-state index contributed by atoms with van der Waals surface area (Å²) in [5.41, 5.74) is 0. The first-order valence-corrected chi connectivity index (χ1v) is 3.92. The van der Waals surface area contributed by atoms with Gasteiger partial charge in [0.1, 0.15) is 6.17 Å². The fraction of sp³-hybridized carbons (Fsp3) is 1.00. The highest BCUT2D eigenvalue weighted by Gasteiger charge is 2.25. The quantitative estimate of drug-likeness (QED) is 0.466. The Hall–Kier alpha value is 0.220. The largest absolute Gasteiger partial charge is 0.247 e. The summed E-state index contributed by atoms with van der Waals surface area (Å²) in [4.78, 5) is 0. The summed E-state index contributed by atoms with van der Waals surface area (Å²) < 4.78 is 12.5. The summed E-state index contributed by atoms with van der Waals surface area (Å²) >= 11 is 5.82. The third-order valence-electron chi connectivity index (χ3n) is 2.03. The van der Waals surface area contributed by atoms with E-state index in [1.165, 1.54) is 0 Å². The van der Waals surface area contributed by atoms with E-state index >= 15 is 0 Å². The molecule has 9 heavy (non-hydrogen) atoms. The Morgan fingerprint density at radius 2 is 2.11 bits per heavy atom. The van der Waals surface area contributed by atoms with Crippen LogP contribution in [0.4, 0.5) is 4.39 Å². The molecule has 3 unspecified atom stereocenters. The first-order valence-electron chi connectivity index (χ1n) is 3.48. The first kappa shape index (κ1) is 7.33. The lowest BCUT2D eigenvalue weighted by Crippen LogP contribution is -2.23. The standard InChI is InChI=1S/C7H12ClF/c1-5-2-3-6(9)4-7(5)8/h5-7H,2-4H2,1H3. The Morgan fingerprint density at radius 3 is 2.56 bits per heavy atom. The van der Waals surface area contributed by atoms with E-state index in [-0.39, 0.29) is 5.38 Å². The molecule has 2 heteroatoms. The van der Waals surface area contributed by atoms with Gasteiger partial charge in [0.2, 0.25) is 0 Å². The maximum absolute atomic E-state index is 12.5.